The van der Waals surface area contributed by atoms with Gasteiger partial charge in [0.2, 0.25) is 5.91 Å². The van der Waals surface area contributed by atoms with Gasteiger partial charge in [0, 0.05) is 30.1 Å². The van der Waals surface area contributed by atoms with Crippen molar-refractivity contribution in [1.82, 2.24) is 10.3 Å². The van der Waals surface area contributed by atoms with Crippen molar-refractivity contribution in [2.75, 3.05) is 13.2 Å². The molecule has 1 aromatic heterocycles. The lowest BCUT2D eigenvalue weighted by atomic mass is 9.96. The zero-order valence-corrected chi connectivity index (χ0v) is 14.4. The van der Waals surface area contributed by atoms with E-state index in [2.05, 4.69) is 10.3 Å². The van der Waals surface area contributed by atoms with Gasteiger partial charge in [0.15, 0.2) is 0 Å². The third kappa shape index (κ3) is 2.89. The van der Waals surface area contributed by atoms with Crippen LogP contribution in [0.1, 0.15) is 31.0 Å². The molecule has 5 nitrogen and oxygen atoms in total. The van der Waals surface area contributed by atoms with E-state index in [9.17, 15) is 9.90 Å². The Kier molecular flexibility index (Phi) is 4.45. The van der Waals surface area contributed by atoms with Crippen LogP contribution in [0.5, 0.6) is 5.75 Å². The summed E-state index contributed by atoms with van der Waals surface area (Å²) in [5.74, 6) is 0.166. The molecule has 0 saturated heterocycles. The summed E-state index contributed by atoms with van der Waals surface area (Å²) >= 11 is 12.5. The first-order valence-corrected chi connectivity index (χ1v) is 8.26. The van der Waals surface area contributed by atoms with Crippen molar-refractivity contribution in [3.63, 3.8) is 0 Å². The average molecular weight is 357 g/mol. The van der Waals surface area contributed by atoms with E-state index in [4.69, 9.17) is 27.9 Å². The smallest absolute Gasteiger partial charge is 0.227 e. The van der Waals surface area contributed by atoms with Gasteiger partial charge in [-0.15, -0.1) is 0 Å². The van der Waals surface area contributed by atoms with Gasteiger partial charge >= 0.3 is 0 Å². The predicted octanol–water partition coefficient (Wildman–Crippen LogP) is 3.01. The van der Waals surface area contributed by atoms with Gasteiger partial charge in [-0.2, -0.15) is 0 Å². The Morgan fingerprint density at radius 3 is 2.91 bits per heavy atom. The quantitative estimate of drug-likeness (QED) is 0.791. The second kappa shape index (κ2) is 6.23. The number of aromatic amines is 1. The average Bonchev–Trinajstić information content (AvgIpc) is 2.82. The molecule has 3 rings (SSSR count). The van der Waals surface area contributed by atoms with Gasteiger partial charge in [-0.1, -0.05) is 23.2 Å². The van der Waals surface area contributed by atoms with Crippen LogP contribution in [0.4, 0.5) is 0 Å². The summed E-state index contributed by atoms with van der Waals surface area (Å²) in [6.45, 7) is 4.20. The minimum Gasteiger partial charge on any atom is -0.490 e. The Bertz CT molecular complexity index is 771. The molecule has 0 aliphatic carbocycles. The molecule has 23 heavy (non-hydrogen) atoms. The Morgan fingerprint density at radius 2 is 2.22 bits per heavy atom. The Balaban J connectivity index is 2.25. The van der Waals surface area contributed by atoms with Crippen LogP contribution in [-0.4, -0.2) is 35.3 Å². The van der Waals surface area contributed by atoms with E-state index in [0.717, 1.165) is 16.6 Å². The maximum Gasteiger partial charge on any atom is 0.227 e. The highest BCUT2D eigenvalue weighted by atomic mass is 35.5. The molecule has 1 aromatic carbocycles. The van der Waals surface area contributed by atoms with Crippen molar-refractivity contribution in [2.45, 2.75) is 32.3 Å². The fourth-order valence-corrected chi connectivity index (χ4v) is 3.34. The van der Waals surface area contributed by atoms with Gasteiger partial charge in [-0.3, -0.25) is 4.79 Å². The lowest BCUT2D eigenvalue weighted by Crippen LogP contribution is -2.26. The number of halogens is 2. The van der Waals surface area contributed by atoms with E-state index in [-0.39, 0.29) is 18.4 Å². The summed E-state index contributed by atoms with van der Waals surface area (Å²) in [5, 5.41) is 13.9. The van der Waals surface area contributed by atoms with Gasteiger partial charge in [0.05, 0.1) is 27.6 Å². The zero-order chi connectivity index (χ0) is 16.7. The molecule has 124 valence electrons. The van der Waals surface area contributed by atoms with Crippen molar-refractivity contribution in [2.24, 2.45) is 0 Å². The molecule has 0 bridgehead atoms. The van der Waals surface area contributed by atoms with Crippen molar-refractivity contribution in [3.8, 4) is 5.75 Å². The Hall–Kier alpha value is -1.43. The number of fused-ring (bicyclic) bond motifs is 3. The molecule has 3 N–H and O–H groups in total. The van der Waals surface area contributed by atoms with Crippen molar-refractivity contribution in [1.29, 1.82) is 0 Å². The van der Waals surface area contributed by atoms with Gasteiger partial charge in [-0.05, 0) is 19.4 Å². The normalized spacial score (nSPS) is 19.2. The first kappa shape index (κ1) is 16.4. The van der Waals surface area contributed by atoms with Crippen LogP contribution in [0.15, 0.2) is 6.07 Å². The summed E-state index contributed by atoms with van der Waals surface area (Å²) in [5.41, 5.74) is 2.51. The number of amides is 1. The van der Waals surface area contributed by atoms with E-state index in [0.29, 0.717) is 34.3 Å². The summed E-state index contributed by atoms with van der Waals surface area (Å²) in [7, 11) is 0. The molecular formula is C16H18Cl2N2O3. The highest BCUT2D eigenvalue weighted by molar-refractivity contribution is 6.45. The largest absolute Gasteiger partial charge is 0.490 e. The molecule has 2 atom stereocenters. The van der Waals surface area contributed by atoms with E-state index in [1.54, 1.807) is 13.0 Å². The number of carbonyl (C=O) groups excluding carboxylic acids is 1. The first-order valence-electron chi connectivity index (χ1n) is 7.51. The fourth-order valence-electron chi connectivity index (χ4n) is 2.95. The molecule has 0 spiro atoms. The summed E-state index contributed by atoms with van der Waals surface area (Å²) in [6, 6.07) is 1.64. The molecule has 0 fully saturated rings. The van der Waals surface area contributed by atoms with E-state index in [1.807, 2.05) is 6.92 Å². The molecule has 2 aromatic rings. The first-order chi connectivity index (χ1) is 10.9. The van der Waals surface area contributed by atoms with E-state index in [1.165, 1.54) is 0 Å². The van der Waals surface area contributed by atoms with Crippen LogP contribution < -0.4 is 10.1 Å². The highest BCUT2D eigenvalue weighted by Crippen LogP contribution is 2.43. The topological polar surface area (TPSA) is 74.3 Å². The maximum absolute atomic E-state index is 12.2. The SMILES string of the molecule is C[C@H](O)COc1cc(Cl)c(Cl)c2[nH]c3c(c12)[C@H](C)C(=O)NCC3. The van der Waals surface area contributed by atoms with Crippen LogP contribution in [0.25, 0.3) is 10.9 Å². The molecule has 1 aliphatic heterocycles. The van der Waals surface area contributed by atoms with Crippen LogP contribution in [0.2, 0.25) is 10.0 Å². The molecule has 0 saturated carbocycles. The monoisotopic (exact) mass is 356 g/mol. The molecule has 1 aliphatic rings. The van der Waals surface area contributed by atoms with Crippen LogP contribution in [0, 0.1) is 0 Å². The number of rotatable bonds is 3. The number of benzene rings is 1. The third-order valence-corrected chi connectivity index (χ3v) is 4.82. The molecular weight excluding hydrogens is 339 g/mol. The van der Waals surface area contributed by atoms with Crippen LogP contribution in [-0.2, 0) is 11.2 Å². The maximum atomic E-state index is 12.2. The number of hydrogen-bond acceptors (Lipinski definition) is 3. The van der Waals surface area contributed by atoms with Gasteiger partial charge in [-0.25, -0.2) is 0 Å². The van der Waals surface area contributed by atoms with Crippen molar-refractivity contribution >= 4 is 40.0 Å². The molecule has 7 heteroatoms. The minimum atomic E-state index is -0.613. The Labute approximate surface area is 143 Å². The third-order valence-electron chi connectivity index (χ3n) is 4.03. The lowest BCUT2D eigenvalue weighted by Gasteiger charge is -2.14. The van der Waals surface area contributed by atoms with Crippen molar-refractivity contribution < 1.29 is 14.6 Å². The number of aliphatic hydroxyl groups is 1. The summed E-state index contributed by atoms with van der Waals surface area (Å²) in [6.07, 6.45) is 0.0712. The predicted molar refractivity (Wildman–Crippen MR) is 90.6 cm³/mol. The number of hydrogen-bond donors (Lipinski definition) is 3. The second-order valence-electron chi connectivity index (χ2n) is 5.86. The van der Waals surface area contributed by atoms with E-state index < -0.39 is 6.10 Å². The number of carbonyl (C=O) groups is 1. The number of aromatic nitrogens is 1. The summed E-state index contributed by atoms with van der Waals surface area (Å²) < 4.78 is 5.72. The lowest BCUT2D eigenvalue weighted by molar-refractivity contribution is -0.121. The van der Waals surface area contributed by atoms with Crippen LogP contribution in [0.3, 0.4) is 0 Å². The molecule has 2 heterocycles. The fraction of sp³-hybridized carbons (Fsp3) is 0.438. The number of H-pyrrole nitrogens is 1. The van der Waals surface area contributed by atoms with Gasteiger partial charge in [0.25, 0.3) is 0 Å². The number of nitrogens with one attached hydrogen (secondary N) is 2. The van der Waals surface area contributed by atoms with Crippen molar-refractivity contribution in [3.05, 3.63) is 27.4 Å². The van der Waals surface area contributed by atoms with Crippen LogP contribution >= 0.6 is 23.2 Å². The highest BCUT2D eigenvalue weighted by Gasteiger charge is 2.29. The summed E-state index contributed by atoms with van der Waals surface area (Å²) in [4.78, 5) is 15.5. The standard InChI is InChI=1S/C16H18Cl2N2O3/c1-7(21)6-23-11-5-9(17)14(18)15-13(11)12-8(2)16(22)19-4-3-10(12)20-15/h5,7-8,20-21H,3-4,6H2,1-2H3,(H,19,22)/t7-,8-/m0/s1. The molecule has 1 amide bonds. The number of aliphatic hydroxyl groups excluding tert-OH is 1. The Morgan fingerprint density at radius 1 is 1.48 bits per heavy atom. The zero-order valence-electron chi connectivity index (χ0n) is 12.9. The molecule has 0 unspecified atom stereocenters. The van der Waals surface area contributed by atoms with Gasteiger partial charge < -0.3 is 20.1 Å². The van der Waals surface area contributed by atoms with E-state index >= 15 is 0 Å². The number of ether oxygens (including phenoxy) is 1. The van der Waals surface area contributed by atoms with Gasteiger partial charge in [0.1, 0.15) is 12.4 Å². The minimum absolute atomic E-state index is 0.0304. The second-order valence-corrected chi connectivity index (χ2v) is 6.65. The molecule has 0 radical (unpaired) electrons.